The van der Waals surface area contributed by atoms with Gasteiger partial charge in [0.15, 0.2) is 0 Å². The molecule has 0 unspecified atom stereocenters. The van der Waals surface area contributed by atoms with Gasteiger partial charge < -0.3 is 10.2 Å². The van der Waals surface area contributed by atoms with Crippen LogP contribution in [0.5, 0.6) is 0 Å². The van der Waals surface area contributed by atoms with E-state index in [9.17, 15) is 10.1 Å². The molecule has 0 aliphatic rings. The van der Waals surface area contributed by atoms with E-state index in [2.05, 4.69) is 5.32 Å². The van der Waals surface area contributed by atoms with E-state index in [0.29, 0.717) is 5.69 Å². The summed E-state index contributed by atoms with van der Waals surface area (Å²) in [5.74, 6) is -0.409. The summed E-state index contributed by atoms with van der Waals surface area (Å²) in [6, 6.07) is 17.0. The van der Waals surface area contributed by atoms with Crippen molar-refractivity contribution in [3.05, 3.63) is 65.2 Å². The van der Waals surface area contributed by atoms with E-state index in [1.807, 2.05) is 80.5 Å². The van der Waals surface area contributed by atoms with Crippen LogP contribution >= 0.6 is 0 Å². The van der Waals surface area contributed by atoms with Gasteiger partial charge in [-0.1, -0.05) is 24.3 Å². The number of nitrogens with one attached hydrogen (secondary N) is 1. The maximum Gasteiger partial charge on any atom is 0.266 e. The molecular weight excluding hydrogens is 286 g/mol. The quantitative estimate of drug-likeness (QED) is 0.693. The van der Waals surface area contributed by atoms with Crippen molar-refractivity contribution < 1.29 is 4.79 Å². The number of hydrogen-bond donors (Lipinski definition) is 1. The summed E-state index contributed by atoms with van der Waals surface area (Å²) in [7, 11) is 3.90. The molecule has 0 aliphatic carbocycles. The van der Waals surface area contributed by atoms with Crippen LogP contribution in [0.4, 0.5) is 11.4 Å². The molecule has 1 amide bonds. The molecular formula is C19H19N3O. The smallest absolute Gasteiger partial charge is 0.266 e. The van der Waals surface area contributed by atoms with Crippen molar-refractivity contribution in [3.63, 3.8) is 0 Å². The second-order valence-electron chi connectivity index (χ2n) is 5.42. The molecule has 0 spiro atoms. The molecule has 2 aromatic rings. The number of carbonyl (C=O) groups excluding carboxylic acids is 1. The molecule has 23 heavy (non-hydrogen) atoms. The number of hydrogen-bond acceptors (Lipinski definition) is 3. The average Bonchev–Trinajstić information content (AvgIpc) is 2.54. The molecule has 0 radical (unpaired) electrons. The fourth-order valence-corrected chi connectivity index (χ4v) is 2.09. The Morgan fingerprint density at radius 3 is 2.35 bits per heavy atom. The fourth-order valence-electron chi connectivity index (χ4n) is 2.09. The van der Waals surface area contributed by atoms with Gasteiger partial charge in [-0.15, -0.1) is 0 Å². The molecule has 0 aromatic heterocycles. The minimum atomic E-state index is -0.409. The Morgan fingerprint density at radius 1 is 1.13 bits per heavy atom. The molecule has 0 atom stereocenters. The van der Waals surface area contributed by atoms with Crippen LogP contribution in [0.3, 0.4) is 0 Å². The summed E-state index contributed by atoms with van der Waals surface area (Å²) >= 11 is 0. The molecule has 4 heteroatoms. The van der Waals surface area contributed by atoms with Crippen LogP contribution in [0.2, 0.25) is 0 Å². The number of aryl methyl sites for hydroxylation is 1. The van der Waals surface area contributed by atoms with Crippen molar-refractivity contribution in [2.24, 2.45) is 0 Å². The number of amides is 1. The summed E-state index contributed by atoms with van der Waals surface area (Å²) in [6.07, 6.45) is 1.61. The molecule has 2 aromatic carbocycles. The third-order valence-corrected chi connectivity index (χ3v) is 3.49. The highest BCUT2D eigenvalue weighted by atomic mass is 16.1. The second-order valence-corrected chi connectivity index (χ2v) is 5.42. The highest BCUT2D eigenvalue weighted by Gasteiger charge is 2.10. The molecule has 0 aliphatic heterocycles. The van der Waals surface area contributed by atoms with E-state index in [1.165, 1.54) is 0 Å². The lowest BCUT2D eigenvalue weighted by Gasteiger charge is -2.13. The highest BCUT2D eigenvalue weighted by Crippen LogP contribution is 2.17. The molecule has 116 valence electrons. The normalized spacial score (nSPS) is 10.8. The number of nitrogens with zero attached hydrogens (tertiary/aromatic N) is 2. The molecule has 4 nitrogen and oxygen atoms in total. The van der Waals surface area contributed by atoms with Crippen molar-refractivity contribution in [2.75, 3.05) is 24.3 Å². The monoisotopic (exact) mass is 305 g/mol. The summed E-state index contributed by atoms with van der Waals surface area (Å²) in [6.45, 7) is 1.94. The predicted octanol–water partition coefficient (Wildman–Crippen LogP) is 3.61. The van der Waals surface area contributed by atoms with Crippen molar-refractivity contribution >= 4 is 23.4 Å². The van der Waals surface area contributed by atoms with Crippen molar-refractivity contribution in [3.8, 4) is 6.07 Å². The average molecular weight is 305 g/mol. The van der Waals surface area contributed by atoms with Gasteiger partial charge in [0.1, 0.15) is 11.6 Å². The molecule has 0 fully saturated rings. The minimum Gasteiger partial charge on any atom is -0.378 e. The molecule has 0 saturated carbocycles. The maximum atomic E-state index is 12.3. The fraction of sp³-hybridized carbons (Fsp3) is 0.158. The predicted molar refractivity (Wildman–Crippen MR) is 94.2 cm³/mol. The summed E-state index contributed by atoms with van der Waals surface area (Å²) < 4.78 is 0. The van der Waals surface area contributed by atoms with Crippen LogP contribution in [0.25, 0.3) is 6.08 Å². The van der Waals surface area contributed by atoms with E-state index >= 15 is 0 Å². The first kappa shape index (κ1) is 16.3. The SMILES string of the molecule is Cc1ccccc1/C=C(/C#N)C(=O)Nc1ccc(N(C)C)cc1. The topological polar surface area (TPSA) is 56.1 Å². The lowest BCUT2D eigenvalue weighted by molar-refractivity contribution is -0.112. The second kappa shape index (κ2) is 7.28. The standard InChI is InChI=1S/C19H19N3O/c1-14-6-4-5-7-15(14)12-16(13-20)19(23)21-17-8-10-18(11-9-17)22(2)3/h4-12H,1-3H3,(H,21,23)/b16-12-. The molecule has 2 rings (SSSR count). The lowest BCUT2D eigenvalue weighted by atomic mass is 10.1. The molecule has 0 saturated heterocycles. The third kappa shape index (κ3) is 4.21. The van der Waals surface area contributed by atoms with Gasteiger partial charge in [0.25, 0.3) is 5.91 Å². The van der Waals surface area contributed by atoms with Crippen LogP contribution in [-0.4, -0.2) is 20.0 Å². The zero-order valence-corrected chi connectivity index (χ0v) is 13.5. The summed E-state index contributed by atoms with van der Waals surface area (Å²) in [4.78, 5) is 14.2. The van der Waals surface area contributed by atoms with Gasteiger partial charge in [0, 0.05) is 25.5 Å². The first-order valence-electron chi connectivity index (χ1n) is 7.27. The number of nitriles is 1. The van der Waals surface area contributed by atoms with Gasteiger partial charge in [0.2, 0.25) is 0 Å². The van der Waals surface area contributed by atoms with E-state index in [0.717, 1.165) is 16.8 Å². The summed E-state index contributed by atoms with van der Waals surface area (Å²) in [5.41, 5.74) is 3.66. The Hall–Kier alpha value is -3.06. The zero-order valence-electron chi connectivity index (χ0n) is 13.5. The maximum absolute atomic E-state index is 12.3. The number of benzene rings is 2. The van der Waals surface area contributed by atoms with E-state index in [-0.39, 0.29) is 5.57 Å². The van der Waals surface area contributed by atoms with Gasteiger partial charge in [-0.05, 0) is 48.4 Å². The summed E-state index contributed by atoms with van der Waals surface area (Å²) in [5, 5.41) is 12.0. The largest absolute Gasteiger partial charge is 0.378 e. The minimum absolute atomic E-state index is 0.0796. The molecule has 0 bridgehead atoms. The Balaban J connectivity index is 2.18. The zero-order chi connectivity index (χ0) is 16.8. The van der Waals surface area contributed by atoms with Crippen molar-refractivity contribution in [2.45, 2.75) is 6.92 Å². The van der Waals surface area contributed by atoms with Gasteiger partial charge in [-0.2, -0.15) is 5.26 Å². The first-order valence-corrected chi connectivity index (χ1v) is 7.27. The van der Waals surface area contributed by atoms with Crippen molar-refractivity contribution in [1.29, 1.82) is 5.26 Å². The van der Waals surface area contributed by atoms with E-state index < -0.39 is 5.91 Å². The Bertz CT molecular complexity index is 768. The highest BCUT2D eigenvalue weighted by molar-refractivity contribution is 6.09. The Morgan fingerprint density at radius 2 is 1.78 bits per heavy atom. The number of carbonyl (C=O) groups is 1. The van der Waals surface area contributed by atoms with Crippen LogP contribution in [0.15, 0.2) is 54.1 Å². The van der Waals surface area contributed by atoms with E-state index in [1.54, 1.807) is 6.08 Å². The van der Waals surface area contributed by atoms with Crippen LogP contribution in [-0.2, 0) is 4.79 Å². The first-order chi connectivity index (χ1) is 11.0. The molecule has 0 heterocycles. The van der Waals surface area contributed by atoms with Crippen LogP contribution in [0.1, 0.15) is 11.1 Å². The van der Waals surface area contributed by atoms with Crippen LogP contribution < -0.4 is 10.2 Å². The van der Waals surface area contributed by atoms with Crippen LogP contribution in [0, 0.1) is 18.3 Å². The third-order valence-electron chi connectivity index (χ3n) is 3.49. The lowest BCUT2D eigenvalue weighted by Crippen LogP contribution is -2.14. The van der Waals surface area contributed by atoms with E-state index in [4.69, 9.17) is 0 Å². The van der Waals surface area contributed by atoms with Gasteiger partial charge in [-0.3, -0.25) is 4.79 Å². The van der Waals surface area contributed by atoms with Gasteiger partial charge in [-0.25, -0.2) is 0 Å². The Labute approximate surface area is 136 Å². The van der Waals surface area contributed by atoms with Gasteiger partial charge >= 0.3 is 0 Å². The number of rotatable bonds is 4. The van der Waals surface area contributed by atoms with Gasteiger partial charge in [0.05, 0.1) is 0 Å². The number of anilines is 2. The Kier molecular flexibility index (Phi) is 5.16. The van der Waals surface area contributed by atoms with Crippen molar-refractivity contribution in [1.82, 2.24) is 0 Å². The molecule has 1 N–H and O–H groups in total.